The number of ether oxygens (including phenoxy) is 1. The summed E-state index contributed by atoms with van der Waals surface area (Å²) in [5.74, 6) is -0.00282. The predicted molar refractivity (Wildman–Crippen MR) is 100 cm³/mol. The molecule has 0 bridgehead atoms. The van der Waals surface area contributed by atoms with E-state index in [9.17, 15) is 14.9 Å². The maximum atomic E-state index is 12.5. The highest BCUT2D eigenvalue weighted by molar-refractivity contribution is 5.95. The van der Waals surface area contributed by atoms with Gasteiger partial charge in [0, 0.05) is 37.3 Å². The van der Waals surface area contributed by atoms with Gasteiger partial charge in [-0.1, -0.05) is 6.92 Å². The lowest BCUT2D eigenvalue weighted by molar-refractivity contribution is -0.385. The summed E-state index contributed by atoms with van der Waals surface area (Å²) < 4.78 is 5.52. The Labute approximate surface area is 150 Å². The Morgan fingerprint density at radius 3 is 2.36 bits per heavy atom. The fourth-order valence-electron chi connectivity index (χ4n) is 2.11. The van der Waals surface area contributed by atoms with Gasteiger partial charge < -0.3 is 14.5 Å². The van der Waals surface area contributed by atoms with E-state index >= 15 is 0 Å². The molecular formula is C18H29N3O4. The van der Waals surface area contributed by atoms with Crippen LogP contribution in [0.3, 0.4) is 0 Å². The number of hydrogen-bond donors (Lipinski definition) is 0. The van der Waals surface area contributed by atoms with E-state index in [0.717, 1.165) is 6.42 Å². The number of carbonyl (C=O) groups is 1. The number of nitro benzene ring substituents is 1. The Morgan fingerprint density at radius 1 is 1.24 bits per heavy atom. The lowest BCUT2D eigenvalue weighted by atomic mass is 10.1. The molecule has 0 N–H and O–H groups in total. The smallest absolute Gasteiger partial charge is 0.310 e. The molecule has 1 aromatic rings. The first-order valence-corrected chi connectivity index (χ1v) is 8.25. The first-order chi connectivity index (χ1) is 11.9. The molecule has 140 valence electrons. The van der Waals surface area contributed by atoms with Crippen LogP contribution in [0.1, 0.15) is 30.6 Å². The quantitative estimate of drug-likeness (QED) is 0.388. The molecule has 0 heterocycles. The highest BCUT2D eigenvalue weighted by atomic mass is 16.6. The second-order valence-corrected chi connectivity index (χ2v) is 5.48. The van der Waals surface area contributed by atoms with Crippen LogP contribution in [-0.2, 0) is 0 Å². The summed E-state index contributed by atoms with van der Waals surface area (Å²) in [5.41, 5.74) is 0.282. The monoisotopic (exact) mass is 351 g/mol. The van der Waals surface area contributed by atoms with Crippen LogP contribution >= 0.6 is 0 Å². The van der Waals surface area contributed by atoms with E-state index in [2.05, 4.69) is 13.2 Å². The van der Waals surface area contributed by atoms with E-state index in [1.807, 2.05) is 32.8 Å². The largest absolute Gasteiger partial charge is 0.485 e. The molecule has 1 aromatic carbocycles. The van der Waals surface area contributed by atoms with Crippen molar-refractivity contribution in [3.63, 3.8) is 0 Å². The SMILES string of the molecule is C=C.CCCN(CC)C(=O)c1ccc([N+](=O)[O-])c(OCCN(C)C)c1. The van der Waals surface area contributed by atoms with E-state index in [1.165, 1.54) is 18.2 Å². The molecule has 7 heteroatoms. The third-order valence-electron chi connectivity index (χ3n) is 3.36. The van der Waals surface area contributed by atoms with Gasteiger partial charge in [-0.15, -0.1) is 13.2 Å². The summed E-state index contributed by atoms with van der Waals surface area (Å²) >= 11 is 0. The van der Waals surface area contributed by atoms with Crippen LogP contribution in [0.15, 0.2) is 31.4 Å². The molecule has 0 aliphatic rings. The zero-order chi connectivity index (χ0) is 19.4. The third-order valence-corrected chi connectivity index (χ3v) is 3.36. The van der Waals surface area contributed by atoms with Crippen LogP contribution in [0.5, 0.6) is 5.75 Å². The van der Waals surface area contributed by atoms with Crippen LogP contribution in [0.25, 0.3) is 0 Å². The molecule has 0 fully saturated rings. The average molecular weight is 351 g/mol. The second kappa shape index (κ2) is 12.0. The first-order valence-electron chi connectivity index (χ1n) is 8.25. The Bertz CT molecular complexity index is 561. The predicted octanol–water partition coefficient (Wildman–Crippen LogP) is 3.21. The number of amides is 1. The Hall–Kier alpha value is -2.41. The maximum absolute atomic E-state index is 12.5. The summed E-state index contributed by atoms with van der Waals surface area (Å²) in [6, 6.07) is 4.28. The summed E-state index contributed by atoms with van der Waals surface area (Å²) in [5, 5.41) is 11.1. The number of benzene rings is 1. The Balaban J connectivity index is 0.00000277. The van der Waals surface area contributed by atoms with E-state index in [4.69, 9.17) is 4.74 Å². The van der Waals surface area contributed by atoms with Crippen LogP contribution in [0, 0.1) is 10.1 Å². The van der Waals surface area contributed by atoms with Gasteiger partial charge in [-0.2, -0.15) is 0 Å². The minimum atomic E-state index is -0.497. The van der Waals surface area contributed by atoms with Crippen molar-refractivity contribution in [3.05, 3.63) is 47.0 Å². The van der Waals surface area contributed by atoms with Gasteiger partial charge in [-0.3, -0.25) is 14.9 Å². The molecule has 0 unspecified atom stereocenters. The molecular weight excluding hydrogens is 322 g/mol. The molecule has 1 rings (SSSR count). The van der Waals surface area contributed by atoms with E-state index < -0.39 is 4.92 Å². The Morgan fingerprint density at radius 2 is 1.88 bits per heavy atom. The van der Waals surface area contributed by atoms with Crippen molar-refractivity contribution < 1.29 is 14.5 Å². The molecule has 0 spiro atoms. The fourth-order valence-corrected chi connectivity index (χ4v) is 2.11. The molecule has 0 aromatic heterocycles. The molecule has 0 saturated heterocycles. The molecule has 0 atom stereocenters. The highest BCUT2D eigenvalue weighted by Gasteiger charge is 2.20. The number of nitrogens with zero attached hydrogens (tertiary/aromatic N) is 3. The number of nitro groups is 1. The van der Waals surface area contributed by atoms with Gasteiger partial charge in [0.05, 0.1) is 4.92 Å². The highest BCUT2D eigenvalue weighted by Crippen LogP contribution is 2.28. The van der Waals surface area contributed by atoms with Crippen LogP contribution in [-0.4, -0.2) is 61.0 Å². The zero-order valence-electron chi connectivity index (χ0n) is 15.7. The van der Waals surface area contributed by atoms with E-state index in [1.54, 1.807) is 4.90 Å². The topological polar surface area (TPSA) is 75.9 Å². The Kier molecular flexibility index (Phi) is 10.9. The lowest BCUT2D eigenvalue weighted by Crippen LogP contribution is -2.31. The van der Waals surface area contributed by atoms with Gasteiger partial charge in [0.15, 0.2) is 5.75 Å². The summed E-state index contributed by atoms with van der Waals surface area (Å²) in [4.78, 5) is 26.7. The molecule has 0 saturated carbocycles. The fraction of sp³-hybridized carbons (Fsp3) is 0.500. The lowest BCUT2D eigenvalue weighted by Gasteiger charge is -2.20. The summed E-state index contributed by atoms with van der Waals surface area (Å²) in [7, 11) is 3.78. The van der Waals surface area contributed by atoms with Gasteiger partial charge >= 0.3 is 5.69 Å². The minimum Gasteiger partial charge on any atom is -0.485 e. The minimum absolute atomic E-state index is 0.126. The third kappa shape index (κ3) is 7.34. The number of likely N-dealkylation sites (N-methyl/N-ethyl adjacent to an activating group) is 1. The number of carbonyl (C=O) groups excluding carboxylic acids is 1. The molecule has 0 aliphatic carbocycles. The molecule has 1 amide bonds. The molecule has 0 aliphatic heterocycles. The van der Waals surface area contributed by atoms with Crippen molar-refractivity contribution in [2.45, 2.75) is 20.3 Å². The van der Waals surface area contributed by atoms with Crippen molar-refractivity contribution in [2.24, 2.45) is 0 Å². The summed E-state index contributed by atoms with van der Waals surface area (Å²) in [6.45, 7) is 12.1. The van der Waals surface area contributed by atoms with Crippen molar-refractivity contribution in [2.75, 3.05) is 40.3 Å². The van der Waals surface area contributed by atoms with Gasteiger partial charge in [0.1, 0.15) is 6.61 Å². The average Bonchev–Trinajstić information content (AvgIpc) is 2.60. The second-order valence-electron chi connectivity index (χ2n) is 5.48. The molecule has 25 heavy (non-hydrogen) atoms. The van der Waals surface area contributed by atoms with Crippen molar-refractivity contribution in [1.82, 2.24) is 9.80 Å². The van der Waals surface area contributed by atoms with E-state index in [0.29, 0.717) is 31.8 Å². The van der Waals surface area contributed by atoms with Crippen molar-refractivity contribution >= 4 is 11.6 Å². The van der Waals surface area contributed by atoms with Gasteiger partial charge in [0.2, 0.25) is 0 Å². The summed E-state index contributed by atoms with van der Waals surface area (Å²) in [6.07, 6.45) is 0.860. The zero-order valence-corrected chi connectivity index (χ0v) is 15.7. The number of rotatable bonds is 9. The number of hydrogen-bond acceptors (Lipinski definition) is 5. The molecule has 0 radical (unpaired) electrons. The van der Waals surface area contributed by atoms with Gasteiger partial charge in [-0.05, 0) is 33.5 Å². The first kappa shape index (κ1) is 22.6. The normalized spacial score (nSPS) is 9.96. The van der Waals surface area contributed by atoms with Gasteiger partial charge in [-0.25, -0.2) is 0 Å². The van der Waals surface area contributed by atoms with Crippen molar-refractivity contribution in [3.8, 4) is 5.75 Å². The van der Waals surface area contributed by atoms with Gasteiger partial charge in [0.25, 0.3) is 5.91 Å². The van der Waals surface area contributed by atoms with E-state index in [-0.39, 0.29) is 17.3 Å². The molecule has 7 nitrogen and oxygen atoms in total. The van der Waals surface area contributed by atoms with Crippen LogP contribution in [0.2, 0.25) is 0 Å². The van der Waals surface area contributed by atoms with Crippen LogP contribution in [0.4, 0.5) is 5.69 Å². The van der Waals surface area contributed by atoms with Crippen molar-refractivity contribution in [1.29, 1.82) is 0 Å². The standard InChI is InChI=1S/C16H25N3O4.C2H4/c1-5-9-18(6-2)16(20)13-7-8-14(19(21)22)15(12-13)23-11-10-17(3)4;1-2/h7-8,12H,5-6,9-11H2,1-4H3;1-2H2. The van der Waals surface area contributed by atoms with Crippen LogP contribution < -0.4 is 4.74 Å². The maximum Gasteiger partial charge on any atom is 0.310 e.